The van der Waals surface area contributed by atoms with Gasteiger partial charge in [-0.05, 0) is 52.7 Å². The van der Waals surface area contributed by atoms with E-state index in [9.17, 15) is 4.79 Å². The Kier molecular flexibility index (Phi) is 3.92. The molecule has 110 valence electrons. The summed E-state index contributed by atoms with van der Waals surface area (Å²) in [6.45, 7) is 8.50. The van der Waals surface area contributed by atoms with Crippen LogP contribution in [0.25, 0.3) is 0 Å². The highest BCUT2D eigenvalue weighted by molar-refractivity contribution is 5.95. The number of benzene rings is 1. The van der Waals surface area contributed by atoms with E-state index in [2.05, 4.69) is 27.7 Å². The molecule has 1 aliphatic heterocycles. The Morgan fingerprint density at radius 2 is 1.60 bits per heavy atom. The van der Waals surface area contributed by atoms with Crippen molar-refractivity contribution >= 4 is 5.91 Å². The van der Waals surface area contributed by atoms with Gasteiger partial charge in [0.05, 0.1) is 6.10 Å². The number of carbonyl (C=O) groups excluding carboxylic acids is 1. The van der Waals surface area contributed by atoms with Crippen molar-refractivity contribution in [2.45, 2.75) is 57.7 Å². The van der Waals surface area contributed by atoms with Crippen molar-refractivity contribution in [3.63, 3.8) is 0 Å². The molecule has 1 saturated heterocycles. The normalized spacial score (nSPS) is 21.8. The van der Waals surface area contributed by atoms with E-state index in [-0.39, 0.29) is 23.1 Å². The van der Waals surface area contributed by atoms with Crippen LogP contribution in [0.4, 0.5) is 0 Å². The molecule has 0 aromatic heterocycles. The summed E-state index contributed by atoms with van der Waals surface area (Å²) in [5.41, 5.74) is 0.328. The minimum atomic E-state index is -0.213. The van der Waals surface area contributed by atoms with Gasteiger partial charge >= 0.3 is 0 Å². The zero-order valence-corrected chi connectivity index (χ0v) is 13.1. The van der Waals surface area contributed by atoms with Gasteiger partial charge in [-0.15, -0.1) is 0 Å². The van der Waals surface area contributed by atoms with Crippen molar-refractivity contribution in [3.05, 3.63) is 35.9 Å². The first kappa shape index (κ1) is 15.0. The summed E-state index contributed by atoms with van der Waals surface area (Å²) in [6, 6.07) is 9.53. The summed E-state index contributed by atoms with van der Waals surface area (Å²) in [7, 11) is 1.76. The van der Waals surface area contributed by atoms with Crippen LogP contribution in [-0.2, 0) is 4.74 Å². The van der Waals surface area contributed by atoms with Gasteiger partial charge in [-0.1, -0.05) is 18.2 Å². The zero-order valence-electron chi connectivity index (χ0n) is 13.1. The molecule has 0 atom stereocenters. The fourth-order valence-electron chi connectivity index (χ4n) is 3.61. The lowest BCUT2D eigenvalue weighted by Gasteiger charge is -2.55. The summed E-state index contributed by atoms with van der Waals surface area (Å²) in [5.74, 6) is 0.107. The van der Waals surface area contributed by atoms with Crippen molar-refractivity contribution in [1.82, 2.24) is 4.90 Å². The largest absolute Gasteiger partial charge is 0.381 e. The molecule has 1 aliphatic rings. The number of hydrogen-bond acceptors (Lipinski definition) is 2. The topological polar surface area (TPSA) is 29.5 Å². The van der Waals surface area contributed by atoms with Crippen molar-refractivity contribution in [2.24, 2.45) is 0 Å². The van der Waals surface area contributed by atoms with Crippen molar-refractivity contribution in [1.29, 1.82) is 0 Å². The quantitative estimate of drug-likeness (QED) is 0.827. The molecule has 20 heavy (non-hydrogen) atoms. The summed E-state index contributed by atoms with van der Waals surface area (Å²) < 4.78 is 5.56. The number of ether oxygens (including phenoxy) is 1. The fourth-order valence-corrected chi connectivity index (χ4v) is 3.61. The van der Waals surface area contributed by atoms with Crippen LogP contribution in [-0.4, -0.2) is 35.1 Å². The van der Waals surface area contributed by atoms with Crippen LogP contribution in [0.3, 0.4) is 0 Å². The number of carbonyl (C=O) groups is 1. The number of methoxy groups -OCH3 is 1. The number of nitrogens with zero attached hydrogens (tertiary/aromatic N) is 1. The Morgan fingerprint density at radius 3 is 2.05 bits per heavy atom. The van der Waals surface area contributed by atoms with E-state index in [1.807, 2.05) is 35.2 Å². The SMILES string of the molecule is COC1CC(C)(C)N(C(=O)c2ccccc2)C(C)(C)C1. The Labute approximate surface area is 121 Å². The summed E-state index contributed by atoms with van der Waals surface area (Å²) in [5, 5.41) is 0. The van der Waals surface area contributed by atoms with Gasteiger partial charge in [0, 0.05) is 23.8 Å². The first-order chi connectivity index (χ1) is 9.28. The monoisotopic (exact) mass is 275 g/mol. The Morgan fingerprint density at radius 1 is 1.10 bits per heavy atom. The van der Waals surface area contributed by atoms with Crippen LogP contribution in [0, 0.1) is 0 Å². The zero-order chi connectivity index (χ0) is 15.0. The summed E-state index contributed by atoms with van der Waals surface area (Å²) in [6.07, 6.45) is 1.94. The molecule has 0 aliphatic carbocycles. The second-order valence-corrected chi connectivity index (χ2v) is 6.90. The predicted molar refractivity (Wildman–Crippen MR) is 80.8 cm³/mol. The molecule has 0 spiro atoms. The first-order valence-electron chi connectivity index (χ1n) is 7.20. The minimum absolute atomic E-state index is 0.107. The maximum absolute atomic E-state index is 12.9. The molecule has 0 radical (unpaired) electrons. The van der Waals surface area contributed by atoms with E-state index in [0.717, 1.165) is 18.4 Å². The van der Waals surface area contributed by atoms with Crippen LogP contribution < -0.4 is 0 Å². The highest BCUT2D eigenvalue weighted by atomic mass is 16.5. The van der Waals surface area contributed by atoms with Gasteiger partial charge in [-0.25, -0.2) is 0 Å². The molecule has 1 fully saturated rings. The van der Waals surface area contributed by atoms with Gasteiger partial charge in [0.25, 0.3) is 5.91 Å². The van der Waals surface area contributed by atoms with Gasteiger partial charge < -0.3 is 9.64 Å². The lowest BCUT2D eigenvalue weighted by molar-refractivity contribution is -0.0723. The number of rotatable bonds is 2. The molecule has 0 saturated carbocycles. The number of likely N-dealkylation sites (tertiary alicyclic amines) is 1. The molecular formula is C17H25NO2. The predicted octanol–water partition coefficient (Wildman–Crippen LogP) is 3.49. The van der Waals surface area contributed by atoms with Gasteiger partial charge in [0.15, 0.2) is 0 Å². The molecule has 0 unspecified atom stereocenters. The highest BCUT2D eigenvalue weighted by Crippen LogP contribution is 2.40. The molecule has 0 N–H and O–H groups in total. The van der Waals surface area contributed by atoms with E-state index < -0.39 is 0 Å². The highest BCUT2D eigenvalue weighted by Gasteiger charge is 2.48. The number of piperidine rings is 1. The Balaban J connectivity index is 2.36. The van der Waals surface area contributed by atoms with Crippen molar-refractivity contribution in [2.75, 3.05) is 7.11 Å². The fraction of sp³-hybridized carbons (Fsp3) is 0.588. The second kappa shape index (κ2) is 5.21. The molecule has 3 nitrogen and oxygen atoms in total. The second-order valence-electron chi connectivity index (χ2n) is 6.90. The van der Waals surface area contributed by atoms with Gasteiger partial charge in [-0.3, -0.25) is 4.79 Å². The van der Waals surface area contributed by atoms with E-state index in [1.165, 1.54) is 0 Å². The van der Waals surface area contributed by atoms with Crippen LogP contribution >= 0.6 is 0 Å². The number of hydrogen-bond donors (Lipinski definition) is 0. The maximum Gasteiger partial charge on any atom is 0.254 e. The molecule has 1 heterocycles. The third-order valence-corrected chi connectivity index (χ3v) is 4.22. The summed E-state index contributed by atoms with van der Waals surface area (Å²) >= 11 is 0. The van der Waals surface area contributed by atoms with Crippen LogP contribution in [0.1, 0.15) is 50.9 Å². The van der Waals surface area contributed by atoms with Crippen LogP contribution in [0.15, 0.2) is 30.3 Å². The molecular weight excluding hydrogens is 250 g/mol. The van der Waals surface area contributed by atoms with E-state index in [4.69, 9.17) is 4.74 Å². The van der Waals surface area contributed by atoms with E-state index >= 15 is 0 Å². The summed E-state index contributed by atoms with van der Waals surface area (Å²) in [4.78, 5) is 14.9. The standard InChI is InChI=1S/C17H25NO2/c1-16(2)11-14(20-5)12-17(3,4)18(16)15(19)13-9-7-6-8-10-13/h6-10,14H,11-12H2,1-5H3. The average molecular weight is 275 g/mol. The Hall–Kier alpha value is -1.35. The van der Waals surface area contributed by atoms with Crippen molar-refractivity contribution < 1.29 is 9.53 Å². The van der Waals surface area contributed by atoms with Crippen molar-refractivity contribution in [3.8, 4) is 0 Å². The first-order valence-corrected chi connectivity index (χ1v) is 7.20. The molecule has 1 aromatic rings. The maximum atomic E-state index is 12.9. The van der Waals surface area contributed by atoms with Crippen LogP contribution in [0.2, 0.25) is 0 Å². The minimum Gasteiger partial charge on any atom is -0.381 e. The number of amides is 1. The third kappa shape index (κ3) is 2.73. The van der Waals surface area contributed by atoms with E-state index in [0.29, 0.717) is 0 Å². The smallest absolute Gasteiger partial charge is 0.254 e. The van der Waals surface area contributed by atoms with Gasteiger partial charge in [0.1, 0.15) is 0 Å². The lowest BCUT2D eigenvalue weighted by Crippen LogP contribution is -2.64. The Bertz CT molecular complexity index is 461. The molecule has 0 bridgehead atoms. The van der Waals surface area contributed by atoms with Crippen LogP contribution in [0.5, 0.6) is 0 Å². The van der Waals surface area contributed by atoms with E-state index in [1.54, 1.807) is 7.11 Å². The van der Waals surface area contributed by atoms with Gasteiger partial charge in [-0.2, -0.15) is 0 Å². The van der Waals surface area contributed by atoms with Gasteiger partial charge in [0.2, 0.25) is 0 Å². The third-order valence-electron chi connectivity index (χ3n) is 4.22. The molecule has 2 rings (SSSR count). The molecule has 1 amide bonds. The molecule has 3 heteroatoms. The average Bonchev–Trinajstić information content (AvgIpc) is 2.36. The molecule has 1 aromatic carbocycles. The lowest BCUT2D eigenvalue weighted by atomic mass is 9.77.